The van der Waals surface area contributed by atoms with E-state index in [2.05, 4.69) is 4.74 Å². The van der Waals surface area contributed by atoms with E-state index in [0.29, 0.717) is 16.1 Å². The molecule has 1 heterocycles. The number of hydrogen-bond acceptors (Lipinski definition) is 3. The van der Waals surface area contributed by atoms with Crippen molar-refractivity contribution in [2.45, 2.75) is 6.29 Å². The molecule has 1 unspecified atom stereocenters. The lowest BCUT2D eigenvalue weighted by Gasteiger charge is -2.01. The number of carbonyl (C=O) groups excluding carboxylic acids is 1. The molecule has 3 nitrogen and oxygen atoms in total. The summed E-state index contributed by atoms with van der Waals surface area (Å²) in [6, 6.07) is 4.81. The van der Waals surface area contributed by atoms with Crippen molar-refractivity contribution >= 4 is 17.6 Å². The Morgan fingerprint density at radius 1 is 1.50 bits per heavy atom. The van der Waals surface area contributed by atoms with E-state index in [4.69, 9.17) is 11.6 Å². The summed E-state index contributed by atoms with van der Waals surface area (Å²) in [4.78, 5) is 11.0. The zero-order valence-electron chi connectivity index (χ0n) is 5.95. The van der Waals surface area contributed by atoms with Crippen LogP contribution in [0, 0.1) is 0 Å². The number of rotatable bonds is 0. The van der Waals surface area contributed by atoms with Crippen molar-refractivity contribution in [3.05, 3.63) is 34.3 Å². The highest BCUT2D eigenvalue weighted by atomic mass is 35.5. The molecule has 1 atom stereocenters. The number of benzene rings is 1. The van der Waals surface area contributed by atoms with E-state index < -0.39 is 12.3 Å². The maximum Gasteiger partial charge on any atom is 0.341 e. The molecule has 0 saturated carbocycles. The van der Waals surface area contributed by atoms with Gasteiger partial charge in [0.1, 0.15) is 0 Å². The molecule has 0 fully saturated rings. The first-order chi connectivity index (χ1) is 5.70. The van der Waals surface area contributed by atoms with Crippen molar-refractivity contribution in [3.63, 3.8) is 0 Å². The normalized spacial score (nSPS) is 20.5. The van der Waals surface area contributed by atoms with Crippen LogP contribution in [0.1, 0.15) is 22.2 Å². The molecule has 62 valence electrons. The van der Waals surface area contributed by atoms with Crippen LogP contribution in [-0.2, 0) is 4.74 Å². The van der Waals surface area contributed by atoms with Crippen molar-refractivity contribution in [2.75, 3.05) is 0 Å². The van der Waals surface area contributed by atoms with Gasteiger partial charge in [-0.05, 0) is 12.1 Å². The number of fused-ring (bicyclic) bond motifs is 1. The standard InChI is InChI=1S/C8H5ClO3/c9-5-3-1-2-4-6(5)8(11)12-7(4)10/h1-3,8,11H. The molecule has 0 aliphatic carbocycles. The minimum Gasteiger partial charge on any atom is -0.428 e. The minimum atomic E-state index is -1.21. The fraction of sp³-hybridized carbons (Fsp3) is 0.125. The lowest BCUT2D eigenvalue weighted by molar-refractivity contribution is -0.0547. The summed E-state index contributed by atoms with van der Waals surface area (Å²) in [5, 5.41) is 9.56. The molecule has 2 rings (SSSR count). The van der Waals surface area contributed by atoms with Crippen molar-refractivity contribution in [2.24, 2.45) is 0 Å². The second-order valence-corrected chi connectivity index (χ2v) is 2.87. The molecule has 1 aliphatic heterocycles. The lowest BCUT2D eigenvalue weighted by Crippen LogP contribution is -1.96. The first-order valence-electron chi connectivity index (χ1n) is 3.37. The van der Waals surface area contributed by atoms with Gasteiger partial charge in [0.05, 0.1) is 16.1 Å². The van der Waals surface area contributed by atoms with E-state index in [1.807, 2.05) is 0 Å². The van der Waals surface area contributed by atoms with Gasteiger partial charge in [0, 0.05) is 0 Å². The molecule has 0 saturated heterocycles. The van der Waals surface area contributed by atoms with Gasteiger partial charge >= 0.3 is 5.97 Å². The third-order valence-electron chi connectivity index (χ3n) is 1.74. The summed E-state index contributed by atoms with van der Waals surface area (Å²) in [7, 11) is 0. The summed E-state index contributed by atoms with van der Waals surface area (Å²) >= 11 is 5.74. The predicted molar refractivity (Wildman–Crippen MR) is 41.8 cm³/mol. The Balaban J connectivity index is 2.67. The van der Waals surface area contributed by atoms with Gasteiger partial charge in [0.2, 0.25) is 6.29 Å². The van der Waals surface area contributed by atoms with Crippen LogP contribution >= 0.6 is 11.6 Å². The average Bonchev–Trinajstić information content (AvgIpc) is 2.29. The second kappa shape index (κ2) is 2.47. The third kappa shape index (κ3) is 0.906. The summed E-state index contributed by atoms with van der Waals surface area (Å²) in [5.41, 5.74) is 0.708. The number of aliphatic hydroxyl groups is 1. The fourth-order valence-electron chi connectivity index (χ4n) is 1.19. The van der Waals surface area contributed by atoms with E-state index in [1.54, 1.807) is 18.2 Å². The number of hydrogen-bond donors (Lipinski definition) is 1. The van der Waals surface area contributed by atoms with Crippen LogP contribution in [0.15, 0.2) is 18.2 Å². The lowest BCUT2D eigenvalue weighted by atomic mass is 10.1. The molecule has 0 radical (unpaired) electrons. The first-order valence-corrected chi connectivity index (χ1v) is 3.75. The molecule has 12 heavy (non-hydrogen) atoms. The van der Waals surface area contributed by atoms with Crippen LogP contribution < -0.4 is 0 Å². The quantitative estimate of drug-likeness (QED) is 0.622. The third-order valence-corrected chi connectivity index (χ3v) is 2.07. The highest BCUT2D eigenvalue weighted by Crippen LogP contribution is 2.33. The van der Waals surface area contributed by atoms with Crippen LogP contribution in [0.4, 0.5) is 0 Å². The molecular weight excluding hydrogens is 180 g/mol. The van der Waals surface area contributed by atoms with Gasteiger partial charge in [0.25, 0.3) is 0 Å². The first kappa shape index (κ1) is 7.58. The van der Waals surface area contributed by atoms with Crippen LogP contribution in [-0.4, -0.2) is 11.1 Å². The van der Waals surface area contributed by atoms with Gasteiger partial charge in [-0.2, -0.15) is 0 Å². The van der Waals surface area contributed by atoms with E-state index in [-0.39, 0.29) is 0 Å². The zero-order chi connectivity index (χ0) is 8.72. The Bertz CT molecular complexity index is 348. The number of ether oxygens (including phenoxy) is 1. The van der Waals surface area contributed by atoms with E-state index in [9.17, 15) is 9.90 Å². The Morgan fingerprint density at radius 3 is 2.92 bits per heavy atom. The molecular formula is C8H5ClO3. The maximum atomic E-state index is 11.0. The summed E-state index contributed by atoms with van der Waals surface area (Å²) in [5.74, 6) is -0.528. The van der Waals surface area contributed by atoms with Crippen LogP contribution in [0.2, 0.25) is 5.02 Å². The highest BCUT2D eigenvalue weighted by molar-refractivity contribution is 6.32. The Morgan fingerprint density at radius 2 is 2.25 bits per heavy atom. The molecule has 1 aliphatic rings. The van der Waals surface area contributed by atoms with Gasteiger partial charge < -0.3 is 9.84 Å². The van der Waals surface area contributed by atoms with Crippen molar-refractivity contribution < 1.29 is 14.6 Å². The number of halogens is 1. The SMILES string of the molecule is O=C1OC(O)c2c(Cl)cccc21. The minimum absolute atomic E-state index is 0.343. The summed E-state index contributed by atoms with van der Waals surface area (Å²) in [6.07, 6.45) is -1.21. The molecule has 0 bridgehead atoms. The molecule has 1 aromatic rings. The topological polar surface area (TPSA) is 46.5 Å². The monoisotopic (exact) mass is 184 g/mol. The number of carbonyl (C=O) groups is 1. The summed E-state index contributed by atoms with van der Waals surface area (Å²) < 4.78 is 4.54. The van der Waals surface area contributed by atoms with Gasteiger partial charge in [-0.1, -0.05) is 17.7 Å². The molecule has 0 amide bonds. The van der Waals surface area contributed by atoms with E-state index in [1.165, 1.54) is 0 Å². The van der Waals surface area contributed by atoms with Gasteiger partial charge in [-0.25, -0.2) is 4.79 Å². The van der Waals surface area contributed by atoms with Gasteiger partial charge in [-0.15, -0.1) is 0 Å². The Labute approximate surface area is 73.5 Å². The number of esters is 1. The second-order valence-electron chi connectivity index (χ2n) is 2.46. The van der Waals surface area contributed by atoms with Gasteiger partial charge in [-0.3, -0.25) is 0 Å². The van der Waals surface area contributed by atoms with Crippen LogP contribution in [0.5, 0.6) is 0 Å². The van der Waals surface area contributed by atoms with Crippen molar-refractivity contribution in [1.82, 2.24) is 0 Å². The molecule has 0 aromatic heterocycles. The highest BCUT2D eigenvalue weighted by Gasteiger charge is 2.31. The van der Waals surface area contributed by atoms with Crippen molar-refractivity contribution in [1.29, 1.82) is 0 Å². The smallest absolute Gasteiger partial charge is 0.341 e. The van der Waals surface area contributed by atoms with Crippen LogP contribution in [0.25, 0.3) is 0 Å². The predicted octanol–water partition coefficient (Wildman–Crippen LogP) is 1.50. The Kier molecular flexibility index (Phi) is 1.56. The fourth-order valence-corrected chi connectivity index (χ4v) is 1.46. The number of cyclic esters (lactones) is 1. The average molecular weight is 185 g/mol. The summed E-state index contributed by atoms with van der Waals surface area (Å²) in [6.45, 7) is 0. The Hall–Kier alpha value is -1.06. The zero-order valence-corrected chi connectivity index (χ0v) is 6.71. The maximum absolute atomic E-state index is 11.0. The molecule has 0 spiro atoms. The molecule has 1 aromatic carbocycles. The van der Waals surface area contributed by atoms with Crippen molar-refractivity contribution in [3.8, 4) is 0 Å². The molecule has 1 N–H and O–H groups in total. The van der Waals surface area contributed by atoms with Gasteiger partial charge in [0.15, 0.2) is 0 Å². The van der Waals surface area contributed by atoms with E-state index >= 15 is 0 Å². The largest absolute Gasteiger partial charge is 0.428 e. The number of aliphatic hydroxyl groups excluding tert-OH is 1. The molecule has 4 heteroatoms. The van der Waals surface area contributed by atoms with Crippen LogP contribution in [0.3, 0.4) is 0 Å². The van der Waals surface area contributed by atoms with E-state index in [0.717, 1.165) is 0 Å².